The number of likely N-dealkylation sites (tertiary alicyclic amines) is 1. The highest BCUT2D eigenvalue weighted by Crippen LogP contribution is 2.39. The third-order valence-electron chi connectivity index (χ3n) is 4.54. The van der Waals surface area contributed by atoms with Crippen molar-refractivity contribution in [3.05, 3.63) is 29.8 Å². The number of carbonyl (C=O) groups excluding carboxylic acids is 1. The summed E-state index contributed by atoms with van der Waals surface area (Å²) in [7, 11) is 0. The van der Waals surface area contributed by atoms with E-state index in [9.17, 15) is 4.79 Å². The van der Waals surface area contributed by atoms with Gasteiger partial charge in [0.1, 0.15) is 11.4 Å². The zero-order valence-electron chi connectivity index (χ0n) is 13.6. The average Bonchev–Trinajstić information content (AvgIpc) is 2.87. The number of carbonyl (C=O) groups is 1. The summed E-state index contributed by atoms with van der Waals surface area (Å²) in [6, 6.07) is 8.61. The lowest BCUT2D eigenvalue weighted by molar-refractivity contribution is -0.127. The van der Waals surface area contributed by atoms with Crippen molar-refractivity contribution in [2.24, 2.45) is 0 Å². The van der Waals surface area contributed by atoms with Crippen LogP contribution in [0.4, 0.5) is 0 Å². The Morgan fingerprint density at radius 1 is 1.36 bits per heavy atom. The molecule has 2 heterocycles. The first-order valence-electron chi connectivity index (χ1n) is 8.34. The molecule has 0 aromatic heterocycles. The maximum atomic E-state index is 11.6. The van der Waals surface area contributed by atoms with Crippen molar-refractivity contribution >= 4 is 5.91 Å². The quantitative estimate of drug-likeness (QED) is 0.850. The van der Waals surface area contributed by atoms with Crippen LogP contribution >= 0.6 is 0 Å². The summed E-state index contributed by atoms with van der Waals surface area (Å²) >= 11 is 0. The number of amides is 1. The zero-order chi connectivity index (χ0) is 15.6. The summed E-state index contributed by atoms with van der Waals surface area (Å²) < 4.78 is 6.06. The second kappa shape index (κ2) is 6.29. The van der Waals surface area contributed by atoms with Crippen LogP contribution < -0.4 is 10.1 Å². The molecule has 2 aliphatic rings. The van der Waals surface area contributed by atoms with Gasteiger partial charge in [-0.25, -0.2) is 0 Å². The third kappa shape index (κ3) is 3.43. The van der Waals surface area contributed by atoms with Crippen molar-refractivity contribution in [2.45, 2.75) is 51.2 Å². The summed E-state index contributed by atoms with van der Waals surface area (Å²) in [4.78, 5) is 13.6. The van der Waals surface area contributed by atoms with Crippen LogP contribution in [0.25, 0.3) is 0 Å². The second-order valence-corrected chi connectivity index (χ2v) is 6.95. The molecule has 1 atom stereocenters. The number of nitrogens with one attached hydrogen (secondary N) is 1. The van der Waals surface area contributed by atoms with Crippen LogP contribution in [-0.4, -0.2) is 36.0 Å². The fourth-order valence-electron chi connectivity index (χ4n) is 3.47. The number of fused-ring (bicyclic) bond motifs is 1. The van der Waals surface area contributed by atoms with Crippen molar-refractivity contribution < 1.29 is 9.53 Å². The van der Waals surface area contributed by atoms with Crippen LogP contribution in [-0.2, 0) is 4.79 Å². The van der Waals surface area contributed by atoms with E-state index in [1.54, 1.807) is 0 Å². The third-order valence-corrected chi connectivity index (χ3v) is 4.54. The smallest absolute Gasteiger partial charge is 0.222 e. The highest BCUT2D eigenvalue weighted by atomic mass is 16.5. The lowest BCUT2D eigenvalue weighted by Gasteiger charge is -2.38. The first-order valence-corrected chi connectivity index (χ1v) is 8.34. The van der Waals surface area contributed by atoms with Gasteiger partial charge in [0, 0.05) is 37.5 Å². The number of benzene rings is 1. The molecule has 1 saturated heterocycles. The van der Waals surface area contributed by atoms with Gasteiger partial charge in [0.2, 0.25) is 5.91 Å². The average molecular weight is 302 g/mol. The number of rotatable bonds is 5. The predicted molar refractivity (Wildman–Crippen MR) is 86.9 cm³/mol. The molecule has 0 aliphatic carbocycles. The fourth-order valence-corrected chi connectivity index (χ4v) is 3.47. The van der Waals surface area contributed by atoms with Crippen LogP contribution in [0.5, 0.6) is 5.75 Å². The first kappa shape index (κ1) is 15.3. The van der Waals surface area contributed by atoms with Crippen LogP contribution in [0.15, 0.2) is 24.3 Å². The SMILES string of the molecule is CC1(C)C[C@@H](NCCCN2CCCC2=O)c2ccccc2O1. The van der Waals surface area contributed by atoms with Crippen molar-refractivity contribution in [2.75, 3.05) is 19.6 Å². The van der Waals surface area contributed by atoms with Crippen molar-refractivity contribution in [1.82, 2.24) is 10.2 Å². The van der Waals surface area contributed by atoms with E-state index in [1.807, 2.05) is 17.0 Å². The molecule has 1 aromatic rings. The van der Waals surface area contributed by atoms with E-state index in [1.165, 1.54) is 5.56 Å². The highest BCUT2D eigenvalue weighted by Gasteiger charge is 2.33. The summed E-state index contributed by atoms with van der Waals surface area (Å²) in [6.07, 6.45) is 3.72. The van der Waals surface area contributed by atoms with Crippen LogP contribution in [0, 0.1) is 0 Å². The molecular formula is C18H26N2O2. The summed E-state index contributed by atoms with van der Waals surface area (Å²) in [6.45, 7) is 7.02. The van der Waals surface area contributed by atoms with Gasteiger partial charge < -0.3 is 15.0 Å². The molecular weight excluding hydrogens is 276 g/mol. The minimum absolute atomic E-state index is 0.142. The summed E-state index contributed by atoms with van der Waals surface area (Å²) in [5, 5.41) is 3.65. The number of para-hydroxylation sites is 1. The molecule has 22 heavy (non-hydrogen) atoms. The molecule has 4 heteroatoms. The van der Waals surface area contributed by atoms with Gasteiger partial charge in [0.15, 0.2) is 0 Å². The Morgan fingerprint density at radius 3 is 2.95 bits per heavy atom. The Hall–Kier alpha value is -1.55. The van der Waals surface area contributed by atoms with E-state index in [0.717, 1.165) is 51.1 Å². The lowest BCUT2D eigenvalue weighted by atomic mass is 9.89. The molecule has 120 valence electrons. The molecule has 2 aliphatic heterocycles. The Bertz CT molecular complexity index is 542. The van der Waals surface area contributed by atoms with E-state index in [0.29, 0.717) is 11.9 Å². The van der Waals surface area contributed by atoms with Crippen molar-refractivity contribution in [1.29, 1.82) is 0 Å². The van der Waals surface area contributed by atoms with Crippen LogP contribution in [0.2, 0.25) is 0 Å². The normalized spacial score (nSPS) is 23.3. The summed E-state index contributed by atoms with van der Waals surface area (Å²) in [5.41, 5.74) is 1.11. The molecule has 0 radical (unpaired) electrons. The topological polar surface area (TPSA) is 41.6 Å². The molecule has 4 nitrogen and oxygen atoms in total. The van der Waals surface area contributed by atoms with Gasteiger partial charge in [-0.2, -0.15) is 0 Å². The van der Waals surface area contributed by atoms with Gasteiger partial charge in [-0.05, 0) is 39.3 Å². The van der Waals surface area contributed by atoms with E-state index in [-0.39, 0.29) is 5.60 Å². The second-order valence-electron chi connectivity index (χ2n) is 6.95. The monoisotopic (exact) mass is 302 g/mol. The minimum atomic E-state index is -0.142. The van der Waals surface area contributed by atoms with Crippen LogP contribution in [0.1, 0.15) is 51.1 Å². The van der Waals surface area contributed by atoms with Crippen LogP contribution in [0.3, 0.4) is 0 Å². The lowest BCUT2D eigenvalue weighted by Crippen LogP contribution is -2.40. The van der Waals surface area contributed by atoms with E-state index in [2.05, 4.69) is 31.3 Å². The maximum Gasteiger partial charge on any atom is 0.222 e. The maximum absolute atomic E-state index is 11.6. The largest absolute Gasteiger partial charge is 0.487 e. The molecule has 0 spiro atoms. The molecule has 0 unspecified atom stereocenters. The Morgan fingerprint density at radius 2 is 2.18 bits per heavy atom. The zero-order valence-corrected chi connectivity index (χ0v) is 13.6. The number of nitrogens with zero attached hydrogens (tertiary/aromatic N) is 1. The van der Waals surface area contributed by atoms with Gasteiger partial charge in [-0.3, -0.25) is 4.79 Å². The molecule has 3 rings (SSSR count). The molecule has 1 amide bonds. The predicted octanol–water partition coefficient (Wildman–Crippen LogP) is 2.89. The van der Waals surface area contributed by atoms with Gasteiger partial charge in [-0.1, -0.05) is 18.2 Å². The number of hydrogen-bond acceptors (Lipinski definition) is 3. The molecule has 1 aromatic carbocycles. The van der Waals surface area contributed by atoms with Crippen molar-refractivity contribution in [3.63, 3.8) is 0 Å². The molecule has 1 N–H and O–H groups in total. The van der Waals surface area contributed by atoms with E-state index in [4.69, 9.17) is 4.74 Å². The van der Waals surface area contributed by atoms with E-state index >= 15 is 0 Å². The van der Waals surface area contributed by atoms with Crippen molar-refractivity contribution in [3.8, 4) is 5.75 Å². The Balaban J connectivity index is 1.54. The minimum Gasteiger partial charge on any atom is -0.487 e. The Labute approximate surface area is 132 Å². The number of ether oxygens (including phenoxy) is 1. The molecule has 0 bridgehead atoms. The fraction of sp³-hybridized carbons (Fsp3) is 0.611. The van der Waals surface area contributed by atoms with Gasteiger partial charge in [0.25, 0.3) is 0 Å². The standard InChI is InChI=1S/C18H26N2O2/c1-18(2)13-15(14-7-3-4-8-16(14)22-18)19-10-6-12-20-11-5-9-17(20)21/h3-4,7-8,15,19H,5-6,9-13H2,1-2H3/t15-/m1/s1. The van der Waals surface area contributed by atoms with Gasteiger partial charge in [0.05, 0.1) is 0 Å². The van der Waals surface area contributed by atoms with Gasteiger partial charge in [-0.15, -0.1) is 0 Å². The summed E-state index contributed by atoms with van der Waals surface area (Å²) in [5.74, 6) is 1.31. The molecule has 1 fully saturated rings. The Kier molecular flexibility index (Phi) is 4.39. The van der Waals surface area contributed by atoms with Gasteiger partial charge >= 0.3 is 0 Å². The molecule has 0 saturated carbocycles. The number of hydrogen-bond donors (Lipinski definition) is 1. The van der Waals surface area contributed by atoms with E-state index < -0.39 is 0 Å². The highest BCUT2D eigenvalue weighted by molar-refractivity contribution is 5.77. The first-order chi connectivity index (χ1) is 10.6.